The molecule has 1 aliphatic heterocycles. The summed E-state index contributed by atoms with van der Waals surface area (Å²) in [6.45, 7) is 3.23. The van der Waals surface area contributed by atoms with Gasteiger partial charge in [-0.15, -0.1) is 0 Å². The van der Waals surface area contributed by atoms with Crippen LogP contribution in [-0.2, 0) is 6.54 Å². The number of ether oxygens (including phenoxy) is 1. The van der Waals surface area contributed by atoms with Gasteiger partial charge in [-0.2, -0.15) is 0 Å². The maximum Gasteiger partial charge on any atom is 0.311 e. The molecule has 0 unspecified atom stereocenters. The smallest absolute Gasteiger partial charge is 0.311 e. The van der Waals surface area contributed by atoms with E-state index < -0.39 is 0 Å². The zero-order valence-corrected chi connectivity index (χ0v) is 10.2. The van der Waals surface area contributed by atoms with Gasteiger partial charge >= 0.3 is 5.69 Å². The maximum absolute atomic E-state index is 11.0. The molecular weight excluding hydrogens is 232 g/mol. The van der Waals surface area contributed by atoms with Gasteiger partial charge in [0.15, 0.2) is 0 Å². The normalized spacial score (nSPS) is 19.8. The topological polar surface area (TPSA) is 55.6 Å². The first-order valence-electron chi connectivity index (χ1n) is 6.35. The first-order valence-corrected chi connectivity index (χ1v) is 6.35. The van der Waals surface area contributed by atoms with E-state index in [0.29, 0.717) is 12.4 Å². The number of hydrogen-bond acceptors (Lipinski definition) is 4. The second kappa shape index (κ2) is 4.57. The quantitative estimate of drug-likeness (QED) is 0.608. The molecule has 0 saturated heterocycles. The lowest BCUT2D eigenvalue weighted by atomic mass is 10.1. The molecule has 0 aromatic heterocycles. The van der Waals surface area contributed by atoms with Gasteiger partial charge in [-0.1, -0.05) is 12.1 Å². The van der Waals surface area contributed by atoms with Crippen LogP contribution in [-0.4, -0.2) is 29.5 Å². The summed E-state index contributed by atoms with van der Waals surface area (Å²) >= 11 is 0. The molecule has 0 N–H and O–H groups in total. The highest BCUT2D eigenvalue weighted by Crippen LogP contribution is 2.35. The number of rotatable bonds is 3. The summed E-state index contributed by atoms with van der Waals surface area (Å²) in [5.74, 6) is 1.28. The van der Waals surface area contributed by atoms with Crippen LogP contribution in [0.15, 0.2) is 18.2 Å². The number of fused-ring (bicyclic) bond motifs is 1. The van der Waals surface area contributed by atoms with Gasteiger partial charge in [-0.3, -0.25) is 15.0 Å². The van der Waals surface area contributed by atoms with Crippen LogP contribution in [0.25, 0.3) is 0 Å². The van der Waals surface area contributed by atoms with E-state index in [1.807, 2.05) is 6.07 Å². The lowest BCUT2D eigenvalue weighted by molar-refractivity contribution is -0.385. The zero-order chi connectivity index (χ0) is 12.5. The van der Waals surface area contributed by atoms with Crippen molar-refractivity contribution in [3.63, 3.8) is 0 Å². The fourth-order valence-corrected chi connectivity index (χ4v) is 2.42. The number of nitro benzene ring substituents is 1. The van der Waals surface area contributed by atoms with Crippen LogP contribution in [0.3, 0.4) is 0 Å². The Bertz CT molecular complexity index is 471. The molecule has 3 rings (SSSR count). The predicted octanol–water partition coefficient (Wildman–Crippen LogP) is 2.20. The van der Waals surface area contributed by atoms with Crippen molar-refractivity contribution in [3.05, 3.63) is 33.9 Å². The second-order valence-corrected chi connectivity index (χ2v) is 5.05. The van der Waals surface area contributed by atoms with Crippen LogP contribution in [0.2, 0.25) is 0 Å². The summed E-state index contributed by atoms with van der Waals surface area (Å²) in [5, 5.41) is 11.0. The number of nitro groups is 1. The molecule has 0 spiro atoms. The highest BCUT2D eigenvalue weighted by molar-refractivity contribution is 5.52. The van der Waals surface area contributed by atoms with Gasteiger partial charge in [0.05, 0.1) is 4.92 Å². The van der Waals surface area contributed by atoms with Crippen molar-refractivity contribution in [1.82, 2.24) is 4.90 Å². The predicted molar refractivity (Wildman–Crippen MR) is 66.6 cm³/mol. The highest BCUT2D eigenvalue weighted by Gasteiger charge is 2.28. The zero-order valence-electron chi connectivity index (χ0n) is 10.2. The molecule has 1 aromatic carbocycles. The highest BCUT2D eigenvalue weighted by atomic mass is 16.6. The van der Waals surface area contributed by atoms with Crippen molar-refractivity contribution in [2.24, 2.45) is 5.92 Å². The van der Waals surface area contributed by atoms with E-state index in [9.17, 15) is 10.1 Å². The maximum atomic E-state index is 11.0. The summed E-state index contributed by atoms with van der Waals surface area (Å²) in [5.41, 5.74) is 1.02. The van der Waals surface area contributed by atoms with Crippen LogP contribution < -0.4 is 4.74 Å². The molecule has 1 fully saturated rings. The summed E-state index contributed by atoms with van der Waals surface area (Å²) in [6.07, 6.45) is 2.64. The van der Waals surface area contributed by atoms with Crippen molar-refractivity contribution >= 4 is 5.69 Å². The van der Waals surface area contributed by atoms with Gasteiger partial charge in [-0.05, 0) is 18.8 Å². The first-order chi connectivity index (χ1) is 8.74. The minimum absolute atomic E-state index is 0.0840. The second-order valence-electron chi connectivity index (χ2n) is 5.05. The summed E-state index contributed by atoms with van der Waals surface area (Å²) in [4.78, 5) is 12.9. The van der Waals surface area contributed by atoms with E-state index in [1.54, 1.807) is 6.07 Å². The van der Waals surface area contributed by atoms with Crippen LogP contribution in [0, 0.1) is 16.0 Å². The molecule has 0 radical (unpaired) electrons. The lowest BCUT2D eigenvalue weighted by Crippen LogP contribution is -2.27. The molecule has 1 aliphatic carbocycles. The molecule has 18 heavy (non-hydrogen) atoms. The van der Waals surface area contributed by atoms with Gasteiger partial charge in [0.25, 0.3) is 0 Å². The molecule has 1 heterocycles. The van der Waals surface area contributed by atoms with Crippen molar-refractivity contribution < 1.29 is 9.66 Å². The molecule has 0 amide bonds. The van der Waals surface area contributed by atoms with Gasteiger partial charge in [-0.25, -0.2) is 0 Å². The molecule has 1 aromatic rings. The first kappa shape index (κ1) is 11.5. The van der Waals surface area contributed by atoms with Gasteiger partial charge in [0.1, 0.15) is 6.61 Å². The fraction of sp³-hybridized carbons (Fsp3) is 0.538. The average Bonchev–Trinajstić information content (AvgIpc) is 3.14. The minimum atomic E-state index is -0.366. The van der Waals surface area contributed by atoms with E-state index in [2.05, 4.69) is 4.90 Å². The van der Waals surface area contributed by atoms with Crippen LogP contribution in [0.5, 0.6) is 5.75 Å². The van der Waals surface area contributed by atoms with E-state index in [-0.39, 0.29) is 10.6 Å². The van der Waals surface area contributed by atoms with E-state index in [4.69, 9.17) is 4.74 Å². The molecule has 0 bridgehead atoms. The van der Waals surface area contributed by atoms with Crippen molar-refractivity contribution in [2.45, 2.75) is 19.4 Å². The van der Waals surface area contributed by atoms with Crippen LogP contribution in [0.4, 0.5) is 5.69 Å². The fourth-order valence-electron chi connectivity index (χ4n) is 2.42. The third-order valence-electron chi connectivity index (χ3n) is 3.53. The molecule has 96 valence electrons. The van der Waals surface area contributed by atoms with Crippen molar-refractivity contribution in [1.29, 1.82) is 0 Å². The Morgan fingerprint density at radius 1 is 1.44 bits per heavy atom. The van der Waals surface area contributed by atoms with Crippen molar-refractivity contribution in [3.8, 4) is 5.75 Å². The Morgan fingerprint density at radius 2 is 2.28 bits per heavy atom. The number of nitrogens with zero attached hydrogens (tertiary/aromatic N) is 2. The molecule has 0 atom stereocenters. The largest absolute Gasteiger partial charge is 0.485 e. The van der Waals surface area contributed by atoms with Gasteiger partial charge < -0.3 is 4.74 Å². The molecular formula is C13H16N2O3. The third-order valence-corrected chi connectivity index (χ3v) is 3.53. The third kappa shape index (κ3) is 2.31. The number of benzene rings is 1. The van der Waals surface area contributed by atoms with Crippen molar-refractivity contribution in [2.75, 3.05) is 19.7 Å². The van der Waals surface area contributed by atoms with Crippen LogP contribution >= 0.6 is 0 Å². The Kier molecular flexibility index (Phi) is 2.91. The van der Waals surface area contributed by atoms with E-state index in [1.165, 1.54) is 18.9 Å². The molecule has 1 saturated carbocycles. The summed E-state index contributed by atoms with van der Waals surface area (Å²) in [7, 11) is 0. The number of hydrogen-bond donors (Lipinski definition) is 0. The van der Waals surface area contributed by atoms with E-state index >= 15 is 0 Å². The minimum Gasteiger partial charge on any atom is -0.485 e. The van der Waals surface area contributed by atoms with E-state index in [0.717, 1.165) is 31.1 Å². The van der Waals surface area contributed by atoms with Crippen LogP contribution in [0.1, 0.15) is 18.4 Å². The SMILES string of the molecule is O=[N+]([O-])c1cccc2c1OCCN(CC1CC1)C2. The summed E-state index contributed by atoms with van der Waals surface area (Å²) < 4.78 is 5.59. The Labute approximate surface area is 106 Å². The lowest BCUT2D eigenvalue weighted by Gasteiger charge is -2.18. The molecule has 5 nitrogen and oxygen atoms in total. The number of para-hydroxylation sites is 1. The average molecular weight is 248 g/mol. The monoisotopic (exact) mass is 248 g/mol. The van der Waals surface area contributed by atoms with Gasteiger partial charge in [0.2, 0.25) is 5.75 Å². The standard InChI is InChI=1S/C13H16N2O3/c16-15(17)12-3-1-2-11-9-14(8-10-4-5-10)6-7-18-13(11)12/h1-3,10H,4-9H2. The Morgan fingerprint density at radius 3 is 3.00 bits per heavy atom. The Balaban J connectivity index is 1.85. The van der Waals surface area contributed by atoms with Gasteiger partial charge in [0, 0.05) is 31.3 Å². The molecule has 5 heteroatoms. The summed E-state index contributed by atoms with van der Waals surface area (Å²) in [6, 6.07) is 5.17. The molecule has 2 aliphatic rings. The Hall–Kier alpha value is -1.62.